The SMILES string of the molecule is C[C@H](NC(=O)[C@@H](Cc1ccccc1)NC(=O)N(Cc1ccccc1)NC(=O)[C@H](C)NC(=O)[C@@H](Cc1c[nH]c2ccccc12)NC(=O)C(N)Cc1cnc[nH]1)C(N)=O. The fraction of sp³-hybridized carbons (Fsp3) is 0.275. The summed E-state index contributed by atoms with van der Waals surface area (Å²) < 4.78 is 0. The van der Waals surface area contributed by atoms with Gasteiger partial charge in [0.1, 0.15) is 24.2 Å². The van der Waals surface area contributed by atoms with Gasteiger partial charge in [-0.1, -0.05) is 78.9 Å². The summed E-state index contributed by atoms with van der Waals surface area (Å²) in [7, 11) is 0. The van der Waals surface area contributed by atoms with Crippen molar-refractivity contribution in [3.05, 3.63) is 126 Å². The minimum Gasteiger partial charge on any atom is -0.368 e. The molecule has 17 heteroatoms. The molecule has 298 valence electrons. The number of hydrogen-bond acceptors (Lipinski definition) is 8. The lowest BCUT2D eigenvalue weighted by Crippen LogP contribution is -2.60. The average molecular weight is 778 g/mol. The van der Waals surface area contributed by atoms with E-state index >= 15 is 0 Å². The number of carbonyl (C=O) groups excluding carboxylic acids is 6. The second-order valence-corrected chi connectivity index (χ2v) is 13.6. The summed E-state index contributed by atoms with van der Waals surface area (Å²) in [6.45, 7) is 2.73. The molecule has 5 atom stereocenters. The Balaban J connectivity index is 1.32. The molecule has 0 aliphatic rings. The van der Waals surface area contributed by atoms with Crippen LogP contribution in [0.2, 0.25) is 0 Å². The Morgan fingerprint density at radius 1 is 0.684 bits per heavy atom. The first kappa shape index (κ1) is 41.2. The number of nitrogens with two attached hydrogens (primary N) is 2. The zero-order valence-corrected chi connectivity index (χ0v) is 31.5. The predicted molar refractivity (Wildman–Crippen MR) is 211 cm³/mol. The Bertz CT molecular complexity index is 2140. The molecule has 5 rings (SSSR count). The highest BCUT2D eigenvalue weighted by molar-refractivity contribution is 5.95. The van der Waals surface area contributed by atoms with Crippen LogP contribution in [-0.4, -0.2) is 85.7 Å². The van der Waals surface area contributed by atoms with Crippen LogP contribution in [0.5, 0.6) is 0 Å². The lowest BCUT2D eigenvalue weighted by Gasteiger charge is -2.29. The molecule has 2 aromatic heterocycles. The highest BCUT2D eigenvalue weighted by atomic mass is 16.2. The summed E-state index contributed by atoms with van der Waals surface area (Å²) in [5, 5.41) is 12.4. The number of hydrogen-bond donors (Lipinski definition) is 9. The average Bonchev–Trinajstić information content (AvgIpc) is 3.87. The monoisotopic (exact) mass is 777 g/mol. The van der Waals surface area contributed by atoms with E-state index in [2.05, 4.69) is 41.6 Å². The van der Waals surface area contributed by atoms with Crippen LogP contribution in [0.15, 0.2) is 104 Å². The number of carbonyl (C=O) groups is 6. The Labute approximate surface area is 328 Å². The molecule has 7 amide bonds. The van der Waals surface area contributed by atoms with Crippen LogP contribution in [0.4, 0.5) is 4.79 Å². The Morgan fingerprint density at radius 3 is 1.95 bits per heavy atom. The first-order chi connectivity index (χ1) is 27.4. The molecule has 0 radical (unpaired) electrons. The molecule has 0 saturated heterocycles. The van der Waals surface area contributed by atoms with Gasteiger partial charge < -0.3 is 42.7 Å². The molecule has 5 aromatic rings. The maximum absolute atomic E-state index is 13.9. The minimum absolute atomic E-state index is 0.0541. The third kappa shape index (κ3) is 11.7. The van der Waals surface area contributed by atoms with Gasteiger partial charge in [-0.2, -0.15) is 0 Å². The molecular formula is C40H47N11O6. The van der Waals surface area contributed by atoms with Crippen molar-refractivity contribution in [1.82, 2.24) is 46.7 Å². The molecule has 3 aromatic carbocycles. The summed E-state index contributed by atoms with van der Waals surface area (Å²) in [5.74, 6) is -3.46. The van der Waals surface area contributed by atoms with Gasteiger partial charge >= 0.3 is 6.03 Å². The highest BCUT2D eigenvalue weighted by Crippen LogP contribution is 2.19. The van der Waals surface area contributed by atoms with Gasteiger partial charge in [0.05, 0.1) is 18.9 Å². The molecule has 0 aliphatic heterocycles. The van der Waals surface area contributed by atoms with Crippen molar-refractivity contribution in [3.8, 4) is 0 Å². The number of fused-ring (bicyclic) bond motifs is 1. The number of H-pyrrole nitrogens is 2. The minimum atomic E-state index is -1.22. The van der Waals surface area contributed by atoms with Crippen molar-refractivity contribution in [3.63, 3.8) is 0 Å². The molecule has 0 fully saturated rings. The van der Waals surface area contributed by atoms with E-state index in [1.807, 2.05) is 24.3 Å². The summed E-state index contributed by atoms with van der Waals surface area (Å²) >= 11 is 0. The van der Waals surface area contributed by atoms with E-state index in [-0.39, 0.29) is 25.8 Å². The topological polar surface area (TPSA) is 262 Å². The number of imidazole rings is 1. The molecule has 2 heterocycles. The fourth-order valence-electron chi connectivity index (χ4n) is 5.94. The number of nitrogens with zero attached hydrogens (tertiary/aromatic N) is 2. The zero-order chi connectivity index (χ0) is 40.9. The molecule has 11 N–H and O–H groups in total. The summed E-state index contributed by atoms with van der Waals surface area (Å²) in [6.07, 6.45) is 5.03. The van der Waals surface area contributed by atoms with Crippen molar-refractivity contribution < 1.29 is 28.8 Å². The van der Waals surface area contributed by atoms with Gasteiger partial charge in [-0.05, 0) is 36.6 Å². The Hall–Kier alpha value is -7.01. The van der Waals surface area contributed by atoms with Gasteiger partial charge in [-0.25, -0.2) is 14.8 Å². The smallest absolute Gasteiger partial charge is 0.337 e. The van der Waals surface area contributed by atoms with E-state index in [0.29, 0.717) is 11.3 Å². The highest BCUT2D eigenvalue weighted by Gasteiger charge is 2.31. The molecule has 57 heavy (non-hydrogen) atoms. The second kappa shape index (κ2) is 19.5. The first-order valence-corrected chi connectivity index (χ1v) is 18.3. The van der Waals surface area contributed by atoms with Crippen LogP contribution in [0.25, 0.3) is 10.9 Å². The predicted octanol–water partition coefficient (Wildman–Crippen LogP) is 0.837. The molecular weight excluding hydrogens is 731 g/mol. The van der Waals surface area contributed by atoms with Crippen LogP contribution < -0.4 is 38.2 Å². The molecule has 0 bridgehead atoms. The van der Waals surface area contributed by atoms with Crippen molar-refractivity contribution in [2.45, 2.75) is 69.9 Å². The number of amides is 7. The van der Waals surface area contributed by atoms with Crippen LogP contribution in [0.1, 0.15) is 36.2 Å². The van der Waals surface area contributed by atoms with E-state index < -0.39 is 65.8 Å². The van der Waals surface area contributed by atoms with Gasteiger partial charge in [0.25, 0.3) is 5.91 Å². The number of nitrogens with one attached hydrogen (secondary N) is 7. The zero-order valence-electron chi connectivity index (χ0n) is 31.5. The molecule has 0 aliphatic carbocycles. The van der Waals surface area contributed by atoms with Crippen LogP contribution in [0.3, 0.4) is 0 Å². The van der Waals surface area contributed by atoms with Gasteiger partial charge in [-0.3, -0.25) is 29.4 Å². The van der Waals surface area contributed by atoms with Crippen molar-refractivity contribution in [2.24, 2.45) is 11.5 Å². The van der Waals surface area contributed by atoms with E-state index in [4.69, 9.17) is 11.5 Å². The van der Waals surface area contributed by atoms with Crippen molar-refractivity contribution >= 4 is 46.5 Å². The number of primary amides is 1. The van der Waals surface area contributed by atoms with E-state index in [0.717, 1.165) is 27.0 Å². The van der Waals surface area contributed by atoms with Crippen molar-refractivity contribution in [2.75, 3.05) is 0 Å². The molecule has 17 nitrogen and oxygen atoms in total. The molecule has 0 spiro atoms. The number of aromatic nitrogens is 3. The maximum Gasteiger partial charge on any atom is 0.337 e. The normalized spacial score (nSPS) is 13.6. The standard InChI is InChI=1S/C40H47N11O6/c1-24(35(42)52)46-38(55)33(17-26-11-5-3-6-12-26)49-40(57)51(22-27-13-7-4-8-14-27)50-36(53)25(2)47-39(56)34(18-28-20-44-32-16-10-9-15-30(28)32)48-37(54)31(41)19-29-21-43-23-45-29/h3-16,20-21,23-25,31,33-34,44H,17-19,22,41H2,1-2H3,(H2,42,52)(H,43,45)(H,46,55)(H,47,56)(H,48,54)(H,49,57)(H,50,53)/t24-,25-,31?,33+,34+/m0/s1. The van der Waals surface area contributed by atoms with E-state index in [9.17, 15) is 28.8 Å². The largest absolute Gasteiger partial charge is 0.368 e. The molecule has 0 saturated carbocycles. The van der Waals surface area contributed by atoms with Crippen LogP contribution >= 0.6 is 0 Å². The van der Waals surface area contributed by atoms with Gasteiger partial charge in [-0.15, -0.1) is 0 Å². The maximum atomic E-state index is 13.9. The summed E-state index contributed by atoms with van der Waals surface area (Å²) in [5.41, 5.74) is 17.7. The van der Waals surface area contributed by atoms with Crippen molar-refractivity contribution in [1.29, 1.82) is 0 Å². The summed E-state index contributed by atoms with van der Waals surface area (Å²) in [4.78, 5) is 89.9. The van der Waals surface area contributed by atoms with Gasteiger partial charge in [0, 0.05) is 48.3 Å². The van der Waals surface area contributed by atoms with Gasteiger partial charge in [0.15, 0.2) is 0 Å². The lowest BCUT2D eigenvalue weighted by molar-refractivity contribution is -0.133. The third-order valence-corrected chi connectivity index (χ3v) is 9.17. The first-order valence-electron chi connectivity index (χ1n) is 18.3. The summed E-state index contributed by atoms with van der Waals surface area (Å²) in [6, 6.07) is 18.8. The van der Waals surface area contributed by atoms with Gasteiger partial charge in [0.2, 0.25) is 23.6 Å². The number of urea groups is 1. The number of benzene rings is 3. The molecule has 1 unspecified atom stereocenters. The Morgan fingerprint density at radius 2 is 1.30 bits per heavy atom. The number of hydrazine groups is 1. The third-order valence-electron chi connectivity index (χ3n) is 9.17. The Kier molecular flexibility index (Phi) is 14.1. The second-order valence-electron chi connectivity index (χ2n) is 13.6. The quantitative estimate of drug-likeness (QED) is 0.0610. The number of rotatable bonds is 17. The number of para-hydroxylation sites is 1. The van der Waals surface area contributed by atoms with Crippen LogP contribution in [0, 0.1) is 0 Å². The fourth-order valence-corrected chi connectivity index (χ4v) is 5.94. The lowest BCUT2D eigenvalue weighted by atomic mass is 10.0. The van der Waals surface area contributed by atoms with E-state index in [1.54, 1.807) is 73.1 Å². The van der Waals surface area contributed by atoms with E-state index in [1.165, 1.54) is 20.2 Å². The van der Waals surface area contributed by atoms with Crippen LogP contribution in [-0.2, 0) is 49.8 Å². The number of aromatic amines is 2.